The summed E-state index contributed by atoms with van der Waals surface area (Å²) in [6.45, 7) is 0. The van der Waals surface area contributed by atoms with Crippen molar-refractivity contribution in [3.8, 4) is 0 Å². The van der Waals surface area contributed by atoms with Crippen LogP contribution >= 0.6 is 0 Å². The molecule has 0 spiro atoms. The Morgan fingerprint density at radius 2 is 1.74 bits per heavy atom. The smallest absolute Gasteiger partial charge is 0.385 e. The number of nitrogens with zero attached hydrogens (tertiary/aromatic N) is 3. The van der Waals surface area contributed by atoms with Gasteiger partial charge in [-0.3, -0.25) is 9.91 Å². The molecule has 0 bridgehead atoms. The van der Waals surface area contributed by atoms with Crippen molar-refractivity contribution in [1.82, 2.24) is 0 Å². The number of hydrogen-bond acceptors (Lipinski definition) is 2. The van der Waals surface area contributed by atoms with E-state index in [0.717, 1.165) is 0 Å². The van der Waals surface area contributed by atoms with Crippen LogP contribution < -0.4 is 10.4 Å². The van der Waals surface area contributed by atoms with Crippen LogP contribution in [-0.2, 0) is 0 Å². The summed E-state index contributed by atoms with van der Waals surface area (Å²) in [5.41, 5.74) is 10.7. The van der Waals surface area contributed by atoms with E-state index >= 15 is 0 Å². The van der Waals surface area contributed by atoms with Crippen molar-refractivity contribution in [3.05, 3.63) is 64.6 Å². The Hall–Kier alpha value is -3.07. The van der Waals surface area contributed by atoms with E-state index in [0.29, 0.717) is 22.6 Å². The van der Waals surface area contributed by atoms with Crippen LogP contribution in [0.1, 0.15) is 10.4 Å². The van der Waals surface area contributed by atoms with Crippen molar-refractivity contribution >= 4 is 23.0 Å². The van der Waals surface area contributed by atoms with Gasteiger partial charge in [0.1, 0.15) is 0 Å². The highest BCUT2D eigenvalue weighted by molar-refractivity contribution is 6.04. The molecule has 6 nitrogen and oxygen atoms in total. The van der Waals surface area contributed by atoms with Crippen LogP contribution in [0.5, 0.6) is 0 Å². The molecule has 6 heteroatoms. The average Bonchev–Trinajstić information content (AvgIpc) is 2.48. The number of benzene rings is 2. The Morgan fingerprint density at radius 1 is 1.11 bits per heavy atom. The topological polar surface area (TPSA) is 93.5 Å². The molecule has 1 amide bonds. The maximum atomic E-state index is 11.9. The van der Waals surface area contributed by atoms with Crippen LogP contribution in [0.4, 0.5) is 17.1 Å². The minimum absolute atomic E-state index is 0.266. The highest BCUT2D eigenvalue weighted by Gasteiger charge is 2.08. The number of amides is 1. The highest BCUT2D eigenvalue weighted by atomic mass is 16.1. The van der Waals surface area contributed by atoms with Gasteiger partial charge in [0.15, 0.2) is 10.7 Å². The summed E-state index contributed by atoms with van der Waals surface area (Å²) in [6, 6.07) is 12.8. The van der Waals surface area contributed by atoms with Crippen molar-refractivity contribution < 1.29 is 9.91 Å². The number of carbonyl (C=O) groups is 1. The first kappa shape index (κ1) is 12.4. The van der Waals surface area contributed by atoms with Gasteiger partial charge in [0, 0.05) is 35.5 Å². The molecule has 0 atom stereocenters. The molecule has 92 valence electrons. The molecule has 0 aliphatic rings. The molecule has 0 unspecified atom stereocenters. The van der Waals surface area contributed by atoms with Crippen molar-refractivity contribution in [2.75, 3.05) is 5.32 Å². The zero-order valence-electron chi connectivity index (χ0n) is 9.87. The Kier molecular flexibility index (Phi) is 3.59. The molecule has 19 heavy (non-hydrogen) atoms. The van der Waals surface area contributed by atoms with E-state index in [-0.39, 0.29) is 5.91 Å². The third-order valence-electron chi connectivity index (χ3n) is 2.52. The molecule has 2 aromatic carbocycles. The number of nitrogens with one attached hydrogen (secondary N) is 2. The van der Waals surface area contributed by atoms with E-state index in [2.05, 4.69) is 10.3 Å². The number of hydrogen-bond donors (Lipinski definition) is 2. The monoisotopic (exact) mass is 252 g/mol. The first-order chi connectivity index (χ1) is 9.22. The van der Waals surface area contributed by atoms with Gasteiger partial charge in [0.25, 0.3) is 5.91 Å². The average molecular weight is 252 g/mol. The molecular formula is C13H10N5O+. The van der Waals surface area contributed by atoms with E-state index < -0.39 is 0 Å². The summed E-state index contributed by atoms with van der Waals surface area (Å²) in [4.78, 5) is 14.9. The summed E-state index contributed by atoms with van der Waals surface area (Å²) in [5, 5.41) is 13.2. The SMILES string of the molecule is N#[N+]c1ccc(NC(=O)c2ccc([NH+]=[N-])cc2)cc1. The summed E-state index contributed by atoms with van der Waals surface area (Å²) in [6.07, 6.45) is 0. The van der Waals surface area contributed by atoms with Gasteiger partial charge in [-0.05, 0) is 24.3 Å². The van der Waals surface area contributed by atoms with Gasteiger partial charge in [-0.25, -0.2) is 0 Å². The fraction of sp³-hybridized carbons (Fsp3) is 0. The predicted octanol–water partition coefficient (Wildman–Crippen LogP) is 2.16. The molecule has 0 aliphatic carbocycles. The lowest BCUT2D eigenvalue weighted by Crippen LogP contribution is -2.54. The van der Waals surface area contributed by atoms with Crippen molar-refractivity contribution in [2.45, 2.75) is 0 Å². The van der Waals surface area contributed by atoms with Gasteiger partial charge in [-0.15, -0.1) is 0 Å². The van der Waals surface area contributed by atoms with Gasteiger partial charge in [0.2, 0.25) is 5.39 Å². The quantitative estimate of drug-likeness (QED) is 0.647. The molecule has 0 aliphatic heterocycles. The third-order valence-corrected chi connectivity index (χ3v) is 2.52. The Balaban J connectivity index is 2.11. The minimum atomic E-state index is -0.266. The molecular weight excluding hydrogens is 242 g/mol. The molecule has 0 fully saturated rings. The first-order valence-corrected chi connectivity index (χ1v) is 5.49. The van der Waals surface area contributed by atoms with Crippen LogP contribution in [0.2, 0.25) is 0 Å². The van der Waals surface area contributed by atoms with Crippen LogP contribution in [0, 0.1) is 5.39 Å². The largest absolute Gasteiger partial charge is 0.502 e. The van der Waals surface area contributed by atoms with Crippen LogP contribution in [0.15, 0.2) is 48.5 Å². The number of rotatable bonds is 3. The number of carbonyl (C=O) groups excluding carboxylic acids is 1. The zero-order valence-corrected chi connectivity index (χ0v) is 9.87. The number of diazo groups is 1. The van der Waals surface area contributed by atoms with Crippen molar-refractivity contribution in [3.63, 3.8) is 0 Å². The normalized spacial score (nSPS) is 9.42. The second-order valence-corrected chi connectivity index (χ2v) is 3.79. The summed E-state index contributed by atoms with van der Waals surface area (Å²) >= 11 is 0. The third kappa shape index (κ3) is 2.98. The summed E-state index contributed by atoms with van der Waals surface area (Å²) in [7, 11) is 0. The van der Waals surface area contributed by atoms with E-state index in [9.17, 15) is 4.79 Å². The Morgan fingerprint density at radius 3 is 2.26 bits per heavy atom. The first-order valence-electron chi connectivity index (χ1n) is 5.49. The molecule has 0 saturated carbocycles. The van der Waals surface area contributed by atoms with Gasteiger partial charge in [-0.1, -0.05) is 0 Å². The minimum Gasteiger partial charge on any atom is -0.502 e. The fourth-order valence-corrected chi connectivity index (χ4v) is 1.51. The van der Waals surface area contributed by atoms with Gasteiger partial charge in [0.05, 0.1) is 0 Å². The van der Waals surface area contributed by atoms with Crippen molar-refractivity contribution in [2.24, 2.45) is 0 Å². The van der Waals surface area contributed by atoms with Gasteiger partial charge in [-0.2, -0.15) is 0 Å². The van der Waals surface area contributed by atoms with Crippen molar-refractivity contribution in [1.29, 1.82) is 5.39 Å². The zero-order chi connectivity index (χ0) is 13.7. The van der Waals surface area contributed by atoms with Gasteiger partial charge >= 0.3 is 5.69 Å². The highest BCUT2D eigenvalue weighted by Crippen LogP contribution is 2.16. The summed E-state index contributed by atoms with van der Waals surface area (Å²) in [5.74, 6) is -0.266. The van der Waals surface area contributed by atoms with E-state index in [1.54, 1.807) is 48.5 Å². The lowest BCUT2D eigenvalue weighted by molar-refractivity contribution is -0.379. The van der Waals surface area contributed by atoms with Crippen LogP contribution in [-0.4, -0.2) is 5.91 Å². The summed E-state index contributed by atoms with van der Waals surface area (Å²) < 4.78 is 0. The molecule has 2 N–H and O–H groups in total. The van der Waals surface area contributed by atoms with Crippen LogP contribution in [0.25, 0.3) is 10.5 Å². The second-order valence-electron chi connectivity index (χ2n) is 3.79. The Bertz CT molecular complexity index is 640. The molecule has 0 saturated heterocycles. The second kappa shape index (κ2) is 5.51. The molecule has 2 rings (SSSR count). The predicted molar refractivity (Wildman–Crippen MR) is 69.6 cm³/mol. The Labute approximate surface area is 109 Å². The lowest BCUT2D eigenvalue weighted by Gasteiger charge is -2.04. The molecule has 0 heterocycles. The number of anilines is 1. The molecule has 2 aromatic rings. The lowest BCUT2D eigenvalue weighted by atomic mass is 10.2. The van der Waals surface area contributed by atoms with Crippen LogP contribution in [0.3, 0.4) is 0 Å². The molecule has 0 radical (unpaired) electrons. The fourth-order valence-electron chi connectivity index (χ4n) is 1.51. The van der Waals surface area contributed by atoms with E-state index in [1.807, 2.05) is 5.11 Å². The van der Waals surface area contributed by atoms with Gasteiger partial charge < -0.3 is 10.8 Å². The standard InChI is InChI=1S/C13H9N5O/c14-17-11-3-1-9(2-4-11)13(19)16-10-5-7-12(18-15)8-6-10/h1-8,17H/p+1. The molecule has 0 aromatic heterocycles. The maximum absolute atomic E-state index is 11.9. The van der Waals surface area contributed by atoms with E-state index in [4.69, 9.17) is 10.9 Å². The van der Waals surface area contributed by atoms with E-state index in [1.165, 1.54) is 0 Å². The maximum Gasteiger partial charge on any atom is 0.385 e.